The van der Waals surface area contributed by atoms with E-state index in [-0.39, 0.29) is 11.8 Å². The molecule has 7 nitrogen and oxygen atoms in total. The fourth-order valence-corrected chi connectivity index (χ4v) is 3.41. The summed E-state index contributed by atoms with van der Waals surface area (Å²) in [5, 5.41) is 14.2. The molecule has 2 N–H and O–H groups in total. The van der Waals surface area contributed by atoms with Crippen LogP contribution in [0.2, 0.25) is 0 Å². The minimum atomic E-state index is -0.225. The van der Waals surface area contributed by atoms with Crippen LogP contribution in [0.3, 0.4) is 0 Å². The number of para-hydroxylation sites is 1. The zero-order valence-corrected chi connectivity index (χ0v) is 16.8. The highest BCUT2D eigenvalue weighted by atomic mass is 16.2. The lowest BCUT2D eigenvalue weighted by Gasteiger charge is -2.09. The van der Waals surface area contributed by atoms with E-state index >= 15 is 0 Å². The molecule has 5 rings (SSSR count). The van der Waals surface area contributed by atoms with Crippen molar-refractivity contribution in [2.45, 2.75) is 25.4 Å². The van der Waals surface area contributed by atoms with Gasteiger partial charge in [0.2, 0.25) is 0 Å². The number of aromatic nitrogens is 3. The van der Waals surface area contributed by atoms with Crippen molar-refractivity contribution in [1.82, 2.24) is 20.3 Å². The molecule has 1 aliphatic rings. The summed E-state index contributed by atoms with van der Waals surface area (Å²) in [7, 11) is 0. The highest BCUT2D eigenvalue weighted by Crippen LogP contribution is 2.20. The van der Waals surface area contributed by atoms with Gasteiger partial charge in [0, 0.05) is 22.9 Å². The molecule has 3 aromatic carbocycles. The molecule has 0 atom stereocenters. The van der Waals surface area contributed by atoms with Gasteiger partial charge in [-0.3, -0.25) is 9.59 Å². The summed E-state index contributed by atoms with van der Waals surface area (Å²) in [6.45, 7) is 0.570. The predicted molar refractivity (Wildman–Crippen MR) is 118 cm³/mol. The first-order valence-corrected chi connectivity index (χ1v) is 10.3. The van der Waals surface area contributed by atoms with Crippen LogP contribution in [0.25, 0.3) is 11.0 Å². The maximum absolute atomic E-state index is 12.6. The Morgan fingerprint density at radius 3 is 2.52 bits per heavy atom. The number of amides is 2. The van der Waals surface area contributed by atoms with Gasteiger partial charge in [-0.2, -0.15) is 0 Å². The van der Waals surface area contributed by atoms with E-state index in [1.807, 2.05) is 41.1 Å². The molecule has 0 radical (unpaired) electrons. The Balaban J connectivity index is 1.25. The molecule has 1 saturated carbocycles. The summed E-state index contributed by atoms with van der Waals surface area (Å²) in [4.78, 5) is 24.9. The zero-order valence-electron chi connectivity index (χ0n) is 16.8. The molecule has 31 heavy (non-hydrogen) atoms. The lowest BCUT2D eigenvalue weighted by Crippen LogP contribution is -2.25. The maximum Gasteiger partial charge on any atom is 0.255 e. The van der Waals surface area contributed by atoms with Crippen molar-refractivity contribution in [3.8, 4) is 0 Å². The fourth-order valence-electron chi connectivity index (χ4n) is 3.41. The number of benzene rings is 3. The molecule has 0 unspecified atom stereocenters. The third-order valence-corrected chi connectivity index (χ3v) is 5.26. The second-order valence-electron chi connectivity index (χ2n) is 7.72. The molecule has 0 aliphatic heterocycles. The quantitative estimate of drug-likeness (QED) is 0.507. The van der Waals surface area contributed by atoms with Crippen molar-refractivity contribution >= 4 is 28.5 Å². The van der Waals surface area contributed by atoms with Crippen molar-refractivity contribution in [2.24, 2.45) is 0 Å². The molecule has 7 heteroatoms. The molecule has 154 valence electrons. The fraction of sp³-hybridized carbons (Fsp3) is 0.167. The lowest BCUT2D eigenvalue weighted by atomic mass is 10.1. The van der Waals surface area contributed by atoms with Crippen molar-refractivity contribution in [2.75, 3.05) is 5.32 Å². The van der Waals surface area contributed by atoms with E-state index in [4.69, 9.17) is 0 Å². The number of anilines is 1. The van der Waals surface area contributed by atoms with Crippen LogP contribution in [0, 0.1) is 0 Å². The largest absolute Gasteiger partial charge is 0.349 e. The van der Waals surface area contributed by atoms with Crippen molar-refractivity contribution in [1.29, 1.82) is 0 Å². The number of nitrogens with one attached hydrogen (secondary N) is 2. The average molecular weight is 411 g/mol. The Hall–Kier alpha value is -4.00. The Kier molecular flexibility index (Phi) is 4.92. The van der Waals surface area contributed by atoms with E-state index in [0.717, 1.165) is 29.4 Å². The Morgan fingerprint density at radius 2 is 1.71 bits per heavy atom. The van der Waals surface area contributed by atoms with Crippen LogP contribution in [0.1, 0.15) is 39.1 Å². The highest BCUT2D eigenvalue weighted by Gasteiger charge is 2.23. The molecule has 0 saturated heterocycles. The summed E-state index contributed by atoms with van der Waals surface area (Å²) < 4.78 is 1.84. The van der Waals surface area contributed by atoms with Crippen LogP contribution in [0.4, 0.5) is 5.69 Å². The Labute approximate surface area is 179 Å². The number of carbonyl (C=O) groups excluding carboxylic acids is 2. The molecular weight excluding hydrogens is 390 g/mol. The molecule has 2 amide bonds. The van der Waals surface area contributed by atoms with Gasteiger partial charge >= 0.3 is 0 Å². The topological polar surface area (TPSA) is 88.9 Å². The second kappa shape index (κ2) is 8.02. The van der Waals surface area contributed by atoms with Crippen molar-refractivity contribution < 1.29 is 9.59 Å². The normalized spacial score (nSPS) is 13.2. The number of hydrogen-bond acceptors (Lipinski definition) is 4. The smallest absolute Gasteiger partial charge is 0.255 e. The second-order valence-corrected chi connectivity index (χ2v) is 7.72. The van der Waals surface area contributed by atoms with Gasteiger partial charge in [0.25, 0.3) is 11.8 Å². The van der Waals surface area contributed by atoms with E-state index in [9.17, 15) is 9.59 Å². The number of hydrogen-bond donors (Lipinski definition) is 2. The van der Waals surface area contributed by atoms with Gasteiger partial charge in [-0.05, 0) is 60.9 Å². The number of carbonyl (C=O) groups is 2. The van der Waals surface area contributed by atoms with E-state index in [1.165, 1.54) is 0 Å². The molecule has 0 spiro atoms. The van der Waals surface area contributed by atoms with Gasteiger partial charge in [0.05, 0.1) is 12.1 Å². The lowest BCUT2D eigenvalue weighted by molar-refractivity contribution is 0.0949. The van der Waals surface area contributed by atoms with Gasteiger partial charge in [-0.1, -0.05) is 35.5 Å². The highest BCUT2D eigenvalue weighted by molar-refractivity contribution is 6.05. The molecule has 1 aromatic heterocycles. The molecule has 1 heterocycles. The minimum Gasteiger partial charge on any atom is -0.349 e. The Bertz CT molecular complexity index is 1260. The summed E-state index contributed by atoms with van der Waals surface area (Å²) in [6, 6.07) is 22.5. The predicted octanol–water partition coefficient (Wildman–Crippen LogP) is 3.62. The van der Waals surface area contributed by atoms with E-state index in [0.29, 0.717) is 29.4 Å². The van der Waals surface area contributed by atoms with Gasteiger partial charge in [0.15, 0.2) is 0 Å². The summed E-state index contributed by atoms with van der Waals surface area (Å²) in [6.07, 6.45) is 2.07. The number of rotatable bonds is 6. The number of fused-ring (bicyclic) bond motifs is 1. The van der Waals surface area contributed by atoms with Crippen LogP contribution in [-0.2, 0) is 6.54 Å². The van der Waals surface area contributed by atoms with Gasteiger partial charge in [0.1, 0.15) is 5.52 Å². The molecule has 1 fully saturated rings. The van der Waals surface area contributed by atoms with Crippen molar-refractivity contribution in [3.05, 3.63) is 89.5 Å². The third-order valence-electron chi connectivity index (χ3n) is 5.26. The molecular formula is C24H21N5O2. The molecule has 0 bridgehead atoms. The van der Waals surface area contributed by atoms with E-state index < -0.39 is 0 Å². The van der Waals surface area contributed by atoms with Gasteiger partial charge in [-0.25, -0.2) is 4.68 Å². The first-order chi connectivity index (χ1) is 15.2. The van der Waals surface area contributed by atoms with Crippen LogP contribution < -0.4 is 10.6 Å². The summed E-state index contributed by atoms with van der Waals surface area (Å²) in [5.41, 5.74) is 4.51. The monoisotopic (exact) mass is 411 g/mol. The first-order valence-electron chi connectivity index (χ1n) is 10.3. The van der Waals surface area contributed by atoms with Crippen molar-refractivity contribution in [3.63, 3.8) is 0 Å². The van der Waals surface area contributed by atoms with E-state index in [2.05, 4.69) is 20.9 Å². The molecule has 1 aliphatic carbocycles. The molecule has 4 aromatic rings. The van der Waals surface area contributed by atoms with Gasteiger partial charge < -0.3 is 10.6 Å². The van der Waals surface area contributed by atoms with E-state index in [1.54, 1.807) is 36.4 Å². The first kappa shape index (κ1) is 19.0. The van der Waals surface area contributed by atoms with Crippen LogP contribution in [0.5, 0.6) is 0 Å². The van der Waals surface area contributed by atoms with Gasteiger partial charge in [-0.15, -0.1) is 5.10 Å². The summed E-state index contributed by atoms with van der Waals surface area (Å²) in [5.74, 6) is -0.332. The average Bonchev–Trinajstić information content (AvgIpc) is 3.52. The van der Waals surface area contributed by atoms with Crippen LogP contribution in [-0.4, -0.2) is 32.9 Å². The standard InChI is InChI=1S/C24H21N5O2/c30-23(26-20-5-3-4-18(14-20)24(31)25-19-12-13-19)17-10-8-16(9-11-17)15-29-22-7-2-1-6-21(22)27-28-29/h1-11,14,19H,12-13,15H2,(H,25,31)(H,26,30). The number of nitrogens with zero attached hydrogens (tertiary/aromatic N) is 3. The zero-order chi connectivity index (χ0) is 21.2. The minimum absolute atomic E-state index is 0.108. The summed E-state index contributed by atoms with van der Waals surface area (Å²) >= 11 is 0. The van der Waals surface area contributed by atoms with Crippen LogP contribution >= 0.6 is 0 Å². The Morgan fingerprint density at radius 1 is 0.903 bits per heavy atom. The third kappa shape index (κ3) is 4.30. The van der Waals surface area contributed by atoms with Crippen LogP contribution in [0.15, 0.2) is 72.8 Å². The maximum atomic E-state index is 12.6. The SMILES string of the molecule is O=C(Nc1cccc(C(=O)NC2CC2)c1)c1ccc(Cn2nnc3ccccc32)cc1.